The van der Waals surface area contributed by atoms with Crippen LogP contribution in [0.4, 0.5) is 4.79 Å². The van der Waals surface area contributed by atoms with Crippen molar-refractivity contribution in [2.24, 2.45) is 22.7 Å². The zero-order valence-electron chi connectivity index (χ0n) is 31.3. The number of nitrogens with one attached hydrogen (secondary N) is 5. The number of rotatable bonds is 18. The fourth-order valence-electron chi connectivity index (χ4n) is 7.69. The van der Waals surface area contributed by atoms with E-state index in [9.17, 15) is 19.2 Å². The van der Waals surface area contributed by atoms with E-state index >= 15 is 0 Å². The highest BCUT2D eigenvalue weighted by Gasteiger charge is 2.55. The molecule has 0 aromatic heterocycles. The summed E-state index contributed by atoms with van der Waals surface area (Å²) >= 11 is 0. The molecule has 5 N–H and O–H groups in total. The summed E-state index contributed by atoms with van der Waals surface area (Å²) in [5.74, 6) is 2.24. The maximum Gasteiger partial charge on any atom is 0.315 e. The van der Waals surface area contributed by atoms with E-state index in [0.29, 0.717) is 49.8 Å². The van der Waals surface area contributed by atoms with Crippen molar-refractivity contribution in [3.05, 3.63) is 24.6 Å². The van der Waals surface area contributed by atoms with Crippen molar-refractivity contribution in [2.45, 2.75) is 149 Å². The van der Waals surface area contributed by atoms with Crippen LogP contribution in [0.1, 0.15) is 119 Å². The van der Waals surface area contributed by atoms with Crippen molar-refractivity contribution in [1.82, 2.24) is 31.5 Å². The Balaban J connectivity index is 1.81. The molecule has 0 radical (unpaired) electrons. The number of carbonyl (C=O) groups is 4. The van der Waals surface area contributed by atoms with Crippen molar-refractivity contribution in [3.8, 4) is 12.3 Å². The minimum atomic E-state index is -0.777. The van der Waals surface area contributed by atoms with E-state index in [1.807, 2.05) is 20.8 Å². The molecule has 1 aliphatic heterocycles. The highest BCUT2D eigenvalue weighted by atomic mass is 16.2. The van der Waals surface area contributed by atoms with Crippen LogP contribution in [0.3, 0.4) is 0 Å². The molecule has 3 rings (SSSR count). The second kappa shape index (κ2) is 17.4. The molecule has 10 nitrogen and oxygen atoms in total. The molecular formula is C39H64N6O4. The first-order chi connectivity index (χ1) is 23.0. The summed E-state index contributed by atoms with van der Waals surface area (Å²) in [6.45, 7) is 24.6. The lowest BCUT2D eigenvalue weighted by Crippen LogP contribution is -2.58. The number of terminal acetylenes is 1. The van der Waals surface area contributed by atoms with Crippen LogP contribution in [0.15, 0.2) is 24.6 Å². The first kappa shape index (κ1) is 40.0. The molecule has 6 atom stereocenters. The van der Waals surface area contributed by atoms with Gasteiger partial charge >= 0.3 is 6.03 Å². The smallest absolute Gasteiger partial charge is 0.315 e. The first-order valence-electron chi connectivity index (χ1n) is 18.5. The predicted octanol–water partition coefficient (Wildman–Crippen LogP) is 5.16. The maximum absolute atomic E-state index is 13.9. The van der Waals surface area contributed by atoms with E-state index in [1.54, 1.807) is 0 Å². The largest absolute Gasteiger partial charge is 0.377 e. The lowest BCUT2D eigenvalue weighted by Gasteiger charge is -2.46. The molecule has 274 valence electrons. The summed E-state index contributed by atoms with van der Waals surface area (Å²) < 4.78 is 0. The van der Waals surface area contributed by atoms with Crippen LogP contribution >= 0.6 is 0 Å². The molecule has 49 heavy (non-hydrogen) atoms. The number of fused-ring (bicyclic) bond motifs is 1. The predicted molar refractivity (Wildman–Crippen MR) is 196 cm³/mol. The van der Waals surface area contributed by atoms with Crippen LogP contribution in [0.2, 0.25) is 0 Å². The van der Waals surface area contributed by atoms with Crippen LogP contribution in [0.5, 0.6) is 0 Å². The van der Waals surface area contributed by atoms with Crippen LogP contribution in [0, 0.1) is 35.0 Å². The molecule has 3 fully saturated rings. The number of ketones is 1. The van der Waals surface area contributed by atoms with Crippen LogP contribution in [-0.2, 0) is 14.4 Å². The number of urea groups is 1. The second-order valence-corrected chi connectivity index (χ2v) is 16.3. The van der Waals surface area contributed by atoms with Crippen LogP contribution in [-0.4, -0.2) is 71.8 Å². The van der Waals surface area contributed by atoms with E-state index in [4.69, 9.17) is 6.42 Å². The molecule has 1 heterocycles. The second-order valence-electron chi connectivity index (χ2n) is 16.3. The third-order valence-corrected chi connectivity index (χ3v) is 10.7. The molecule has 0 aromatic carbocycles. The van der Waals surface area contributed by atoms with E-state index < -0.39 is 17.7 Å². The molecule has 0 aromatic rings. The lowest BCUT2D eigenvalue weighted by molar-refractivity contribution is -0.139. The van der Waals surface area contributed by atoms with Gasteiger partial charge in [0.1, 0.15) is 0 Å². The third kappa shape index (κ3) is 11.0. The van der Waals surface area contributed by atoms with Crippen LogP contribution < -0.4 is 26.6 Å². The summed E-state index contributed by atoms with van der Waals surface area (Å²) in [5.41, 5.74) is 1.06. The zero-order valence-corrected chi connectivity index (χ0v) is 31.3. The van der Waals surface area contributed by atoms with Gasteiger partial charge in [-0.2, -0.15) is 0 Å². The molecular weight excluding hydrogens is 616 g/mol. The Hall–Kier alpha value is -3.48. The fraction of sp³-hybridized carbons (Fsp3) is 0.744. The van der Waals surface area contributed by atoms with Crippen molar-refractivity contribution < 1.29 is 19.2 Å². The van der Waals surface area contributed by atoms with Crippen molar-refractivity contribution in [1.29, 1.82) is 0 Å². The first-order valence-corrected chi connectivity index (χ1v) is 18.5. The number of likely N-dealkylation sites (tertiary alicyclic amines) is 1. The Labute approximate surface area is 295 Å². The standard InChI is InChI=1S/C39H64N6O4/c1-11-13-17-30(34(47)36(48)40-22-12-2)42-26(5)33-29-23-28(29)24-45(33)27(6)35(39(10)20-15-14-16-21-39)44-37(49)43-31(38(7,8)9)18-19-32(46)41-25(3)4/h1,25,28-31,33,35,42H,5-6,12-24H2,2-4,7-10H3,(H,40,48)(H,41,46)(H2,43,44,49)/t28-,29-,30?,31?,33?,35?/m0/s1. The van der Waals surface area contributed by atoms with E-state index in [0.717, 1.165) is 50.8 Å². The van der Waals surface area contributed by atoms with Crippen molar-refractivity contribution in [2.75, 3.05) is 13.1 Å². The topological polar surface area (TPSA) is 132 Å². The molecule has 2 saturated carbocycles. The normalized spacial score (nSPS) is 22.8. The van der Waals surface area contributed by atoms with Gasteiger partial charge in [-0.15, -0.1) is 12.3 Å². The minimum absolute atomic E-state index is 0.0234. The van der Waals surface area contributed by atoms with Crippen molar-refractivity contribution >= 4 is 23.6 Å². The fourth-order valence-corrected chi connectivity index (χ4v) is 7.69. The molecule has 0 bridgehead atoms. The average molecular weight is 681 g/mol. The maximum atomic E-state index is 13.9. The Kier molecular flexibility index (Phi) is 14.2. The number of nitrogens with zero attached hydrogens (tertiary/aromatic N) is 1. The van der Waals surface area contributed by atoms with Gasteiger partial charge in [0.15, 0.2) is 0 Å². The van der Waals surface area contributed by atoms with Gasteiger partial charge in [0.05, 0.1) is 18.1 Å². The monoisotopic (exact) mass is 680 g/mol. The van der Waals surface area contributed by atoms with Gasteiger partial charge in [-0.25, -0.2) is 4.79 Å². The summed E-state index contributed by atoms with van der Waals surface area (Å²) in [6, 6.07) is -1.66. The summed E-state index contributed by atoms with van der Waals surface area (Å²) in [6.07, 6.45) is 14.1. The summed E-state index contributed by atoms with van der Waals surface area (Å²) in [7, 11) is 0. The number of carbonyl (C=O) groups excluding carboxylic acids is 4. The molecule has 4 amide bonds. The Bertz CT molecular complexity index is 1260. The Morgan fingerprint density at radius 2 is 1.67 bits per heavy atom. The summed E-state index contributed by atoms with van der Waals surface area (Å²) in [5, 5.41) is 15.6. The lowest BCUT2D eigenvalue weighted by atomic mass is 9.69. The van der Waals surface area contributed by atoms with E-state index in [2.05, 4.69) is 78.3 Å². The average Bonchev–Trinajstić information content (AvgIpc) is 3.69. The number of hydrogen-bond donors (Lipinski definition) is 5. The van der Waals surface area contributed by atoms with Crippen LogP contribution in [0.25, 0.3) is 0 Å². The Morgan fingerprint density at radius 1 is 1.00 bits per heavy atom. The number of amides is 4. The minimum Gasteiger partial charge on any atom is -0.377 e. The molecule has 1 saturated heterocycles. The number of Topliss-reactive ketones (excluding diaryl/α,β-unsaturated/α-hetero) is 1. The van der Waals surface area contributed by atoms with Gasteiger partial charge in [0, 0.05) is 49.4 Å². The SMILES string of the molecule is C#CCCC(NC(=C)C1[C@H]2C[C@H]2CN1C(=C)C(NC(=O)NC(CCC(=O)NC(C)C)C(C)(C)C)C1(C)CCCCC1)C(=O)C(=O)NCCC. The highest BCUT2D eigenvalue weighted by molar-refractivity contribution is 6.38. The number of hydrogen-bond acceptors (Lipinski definition) is 6. The highest BCUT2D eigenvalue weighted by Crippen LogP contribution is 2.53. The molecule has 2 aliphatic carbocycles. The van der Waals surface area contributed by atoms with Gasteiger partial charge in [-0.3, -0.25) is 14.4 Å². The van der Waals surface area contributed by atoms with Crippen molar-refractivity contribution in [3.63, 3.8) is 0 Å². The number of piperidine rings is 1. The van der Waals surface area contributed by atoms with Gasteiger partial charge in [0.25, 0.3) is 5.91 Å². The molecule has 0 spiro atoms. The third-order valence-electron chi connectivity index (χ3n) is 10.7. The van der Waals surface area contributed by atoms with Gasteiger partial charge in [-0.05, 0) is 75.0 Å². The van der Waals surface area contributed by atoms with Gasteiger partial charge < -0.3 is 31.5 Å². The van der Waals surface area contributed by atoms with E-state index in [1.165, 1.54) is 6.42 Å². The van der Waals surface area contributed by atoms with E-state index in [-0.39, 0.29) is 46.9 Å². The van der Waals surface area contributed by atoms with Gasteiger partial charge in [0.2, 0.25) is 11.7 Å². The molecule has 4 unspecified atom stereocenters. The molecule has 3 aliphatic rings. The van der Waals surface area contributed by atoms with Gasteiger partial charge in [-0.1, -0.05) is 67.0 Å². The quantitative estimate of drug-likeness (QED) is 0.100. The molecule has 10 heteroatoms. The Morgan fingerprint density at radius 3 is 2.27 bits per heavy atom. The zero-order chi connectivity index (χ0) is 36.5. The summed E-state index contributed by atoms with van der Waals surface area (Å²) in [4.78, 5) is 54.4.